The third-order valence-electron chi connectivity index (χ3n) is 4.83. The molecule has 1 fully saturated rings. The Morgan fingerprint density at radius 1 is 1.28 bits per heavy atom. The summed E-state index contributed by atoms with van der Waals surface area (Å²) >= 11 is 1.26. The highest BCUT2D eigenvalue weighted by Gasteiger charge is 2.21. The summed E-state index contributed by atoms with van der Waals surface area (Å²) in [6.45, 7) is 3.30. The fourth-order valence-corrected chi connectivity index (χ4v) is 4.48. The normalized spacial score (nSPS) is 16.3. The van der Waals surface area contributed by atoms with Crippen LogP contribution >= 0.6 is 11.3 Å². The molecule has 9 heteroatoms. The predicted octanol–water partition coefficient (Wildman–Crippen LogP) is 3.80. The first-order valence-electron chi connectivity index (χ1n) is 9.34. The van der Waals surface area contributed by atoms with Crippen molar-refractivity contribution in [3.63, 3.8) is 0 Å². The molecule has 0 radical (unpaired) electrons. The number of thiophene rings is 1. The van der Waals surface area contributed by atoms with Crippen LogP contribution in [0.4, 0.5) is 14.6 Å². The van der Waals surface area contributed by atoms with Gasteiger partial charge in [0.1, 0.15) is 28.6 Å². The van der Waals surface area contributed by atoms with Gasteiger partial charge in [0.25, 0.3) is 5.91 Å². The Labute approximate surface area is 170 Å². The quantitative estimate of drug-likeness (QED) is 0.637. The number of carbonyl (C=O) groups is 1. The standard InChI is InChI=1S/C20H20F2N4O2S/c1-11-16-18(23-9-15-3-2-4-28-15)25-10-26-20(16)29-17(11)19(27)24-8-12-5-13(21)7-14(22)6-12/h5-7,10,15H,2-4,8-9H2,1H3,(H,24,27)(H,23,25,26). The van der Waals surface area contributed by atoms with Crippen LogP contribution in [0, 0.1) is 18.6 Å². The fourth-order valence-electron chi connectivity index (χ4n) is 3.41. The first kappa shape index (κ1) is 19.7. The minimum absolute atomic E-state index is 0.0248. The van der Waals surface area contributed by atoms with Gasteiger partial charge in [0.15, 0.2) is 0 Å². The van der Waals surface area contributed by atoms with Crippen LogP contribution in [-0.4, -0.2) is 35.1 Å². The number of fused-ring (bicyclic) bond motifs is 1. The third kappa shape index (κ3) is 4.35. The Morgan fingerprint density at radius 3 is 2.79 bits per heavy atom. The van der Waals surface area contributed by atoms with Crippen molar-refractivity contribution in [3.05, 3.63) is 52.2 Å². The molecule has 0 aliphatic carbocycles. The molecule has 1 aromatic carbocycles. The van der Waals surface area contributed by atoms with Gasteiger partial charge >= 0.3 is 0 Å². The molecule has 3 heterocycles. The summed E-state index contributed by atoms with van der Waals surface area (Å²) in [5.41, 5.74) is 1.12. The van der Waals surface area contributed by atoms with Crippen molar-refractivity contribution >= 4 is 33.3 Å². The molecule has 0 bridgehead atoms. The molecule has 0 spiro atoms. The lowest BCUT2D eigenvalue weighted by Crippen LogP contribution is -2.22. The van der Waals surface area contributed by atoms with Crippen molar-refractivity contribution < 1.29 is 18.3 Å². The number of aryl methyl sites for hydroxylation is 1. The number of benzene rings is 1. The van der Waals surface area contributed by atoms with Gasteiger partial charge in [-0.05, 0) is 43.0 Å². The van der Waals surface area contributed by atoms with Gasteiger partial charge in [0.2, 0.25) is 0 Å². The van der Waals surface area contributed by atoms with E-state index in [1.807, 2.05) is 6.92 Å². The van der Waals surface area contributed by atoms with Crippen LogP contribution in [-0.2, 0) is 11.3 Å². The van der Waals surface area contributed by atoms with E-state index in [0.717, 1.165) is 36.5 Å². The molecule has 3 aromatic rings. The summed E-state index contributed by atoms with van der Waals surface area (Å²) in [6.07, 6.45) is 3.70. The van der Waals surface area contributed by atoms with Crippen LogP contribution in [0.1, 0.15) is 33.6 Å². The highest BCUT2D eigenvalue weighted by molar-refractivity contribution is 7.20. The summed E-state index contributed by atoms with van der Waals surface area (Å²) in [6, 6.07) is 3.19. The van der Waals surface area contributed by atoms with Crippen molar-refractivity contribution in [2.24, 2.45) is 0 Å². The van der Waals surface area contributed by atoms with Crippen molar-refractivity contribution in [2.45, 2.75) is 32.4 Å². The number of hydrogen-bond acceptors (Lipinski definition) is 6. The van der Waals surface area contributed by atoms with Gasteiger partial charge in [-0.15, -0.1) is 11.3 Å². The Balaban J connectivity index is 1.51. The number of anilines is 1. The van der Waals surface area contributed by atoms with Gasteiger partial charge in [-0.2, -0.15) is 0 Å². The molecule has 4 rings (SSSR count). The first-order chi connectivity index (χ1) is 14.0. The highest BCUT2D eigenvalue weighted by Crippen LogP contribution is 2.33. The van der Waals surface area contributed by atoms with E-state index in [1.165, 1.54) is 29.8 Å². The smallest absolute Gasteiger partial charge is 0.261 e. The van der Waals surface area contributed by atoms with Crippen LogP contribution in [0.15, 0.2) is 24.5 Å². The molecule has 29 heavy (non-hydrogen) atoms. The maximum atomic E-state index is 13.3. The number of rotatable bonds is 6. The second kappa shape index (κ2) is 8.38. The van der Waals surface area contributed by atoms with Gasteiger partial charge in [0.05, 0.1) is 16.4 Å². The average molecular weight is 418 g/mol. The SMILES string of the molecule is Cc1c(C(=O)NCc2cc(F)cc(F)c2)sc2ncnc(NCC3CCCO3)c12. The van der Waals surface area contributed by atoms with Crippen LogP contribution in [0.2, 0.25) is 0 Å². The first-order valence-corrected chi connectivity index (χ1v) is 10.2. The summed E-state index contributed by atoms with van der Waals surface area (Å²) in [5.74, 6) is -1.00. The topological polar surface area (TPSA) is 76.1 Å². The lowest BCUT2D eigenvalue weighted by atomic mass is 10.1. The zero-order valence-electron chi connectivity index (χ0n) is 15.8. The number of nitrogens with one attached hydrogen (secondary N) is 2. The molecule has 1 atom stereocenters. The van der Waals surface area contributed by atoms with Crippen LogP contribution in [0.3, 0.4) is 0 Å². The van der Waals surface area contributed by atoms with E-state index in [2.05, 4.69) is 20.6 Å². The van der Waals surface area contributed by atoms with E-state index in [-0.39, 0.29) is 18.6 Å². The predicted molar refractivity (Wildman–Crippen MR) is 107 cm³/mol. The van der Waals surface area contributed by atoms with Gasteiger partial charge in [-0.1, -0.05) is 0 Å². The van der Waals surface area contributed by atoms with E-state index in [4.69, 9.17) is 4.74 Å². The number of aromatic nitrogens is 2. The highest BCUT2D eigenvalue weighted by atomic mass is 32.1. The van der Waals surface area contributed by atoms with Gasteiger partial charge < -0.3 is 15.4 Å². The van der Waals surface area contributed by atoms with Gasteiger partial charge in [-0.25, -0.2) is 18.7 Å². The van der Waals surface area contributed by atoms with Crippen LogP contribution in [0.5, 0.6) is 0 Å². The zero-order valence-corrected chi connectivity index (χ0v) is 16.6. The maximum Gasteiger partial charge on any atom is 0.261 e. The number of halogens is 2. The summed E-state index contributed by atoms with van der Waals surface area (Å²) in [7, 11) is 0. The monoisotopic (exact) mass is 418 g/mol. The lowest BCUT2D eigenvalue weighted by molar-refractivity contribution is 0.0954. The molecule has 6 nitrogen and oxygen atoms in total. The van der Waals surface area contributed by atoms with Crippen LogP contribution in [0.25, 0.3) is 10.2 Å². The van der Waals surface area contributed by atoms with Crippen LogP contribution < -0.4 is 10.6 Å². The largest absolute Gasteiger partial charge is 0.376 e. The summed E-state index contributed by atoms with van der Waals surface area (Å²) < 4.78 is 32.3. The zero-order chi connectivity index (χ0) is 20.4. The molecular formula is C20H20F2N4O2S. The molecule has 2 N–H and O–H groups in total. The second-order valence-corrected chi connectivity index (χ2v) is 7.93. The van der Waals surface area contributed by atoms with E-state index >= 15 is 0 Å². The van der Waals surface area contributed by atoms with E-state index in [1.54, 1.807) is 0 Å². The minimum Gasteiger partial charge on any atom is -0.376 e. The number of nitrogens with zero attached hydrogens (tertiary/aromatic N) is 2. The molecule has 0 saturated carbocycles. The number of hydrogen-bond donors (Lipinski definition) is 2. The Morgan fingerprint density at radius 2 is 2.07 bits per heavy atom. The van der Waals surface area contributed by atoms with Crippen molar-refractivity contribution in [3.8, 4) is 0 Å². The van der Waals surface area contributed by atoms with Crippen molar-refractivity contribution in [1.29, 1.82) is 0 Å². The fraction of sp³-hybridized carbons (Fsp3) is 0.350. The van der Waals surface area contributed by atoms with E-state index < -0.39 is 11.6 Å². The molecule has 1 amide bonds. The molecular weight excluding hydrogens is 398 g/mol. The molecule has 1 aliphatic heterocycles. The third-order valence-corrected chi connectivity index (χ3v) is 6.03. The molecule has 1 unspecified atom stereocenters. The Hall–Kier alpha value is -2.65. The lowest BCUT2D eigenvalue weighted by Gasteiger charge is -2.12. The maximum absolute atomic E-state index is 13.3. The van der Waals surface area contributed by atoms with E-state index in [0.29, 0.717) is 27.6 Å². The number of amides is 1. The number of ether oxygens (including phenoxy) is 1. The van der Waals surface area contributed by atoms with Gasteiger partial charge in [-0.3, -0.25) is 4.79 Å². The van der Waals surface area contributed by atoms with Gasteiger partial charge in [0, 0.05) is 25.8 Å². The second-order valence-electron chi connectivity index (χ2n) is 6.93. The molecule has 1 aliphatic rings. The Kier molecular flexibility index (Phi) is 5.68. The molecule has 152 valence electrons. The summed E-state index contributed by atoms with van der Waals surface area (Å²) in [5, 5.41) is 6.83. The van der Waals surface area contributed by atoms with E-state index in [9.17, 15) is 13.6 Å². The minimum atomic E-state index is -0.676. The number of carbonyl (C=O) groups excluding carboxylic acids is 1. The Bertz CT molecular complexity index is 1030. The van der Waals surface area contributed by atoms with Crippen molar-refractivity contribution in [1.82, 2.24) is 15.3 Å². The summed E-state index contributed by atoms with van der Waals surface area (Å²) in [4.78, 5) is 22.5. The molecule has 1 saturated heterocycles. The molecule has 2 aromatic heterocycles. The average Bonchev–Trinajstić information content (AvgIpc) is 3.32. The van der Waals surface area contributed by atoms with Crippen molar-refractivity contribution in [2.75, 3.05) is 18.5 Å².